The highest BCUT2D eigenvalue weighted by Crippen LogP contribution is 2.21. The third-order valence-electron chi connectivity index (χ3n) is 5.33. The largest absolute Gasteiger partial charge is 0.508 e. The van der Waals surface area contributed by atoms with Crippen molar-refractivity contribution in [3.05, 3.63) is 94.1 Å². The number of rotatable bonds is 9. The number of carbonyl (C=O) groups excluding carboxylic acids is 2. The van der Waals surface area contributed by atoms with Crippen LogP contribution in [0.3, 0.4) is 0 Å². The normalized spacial score (nSPS) is 11.4. The Morgan fingerprint density at radius 1 is 1.00 bits per heavy atom. The second kappa shape index (κ2) is 12.4. The fourth-order valence-electron chi connectivity index (χ4n) is 3.39. The Balaban J connectivity index is 1.86. The van der Waals surface area contributed by atoms with Crippen molar-refractivity contribution in [1.29, 1.82) is 0 Å². The van der Waals surface area contributed by atoms with E-state index in [0.29, 0.717) is 5.56 Å². The first-order valence-corrected chi connectivity index (χ1v) is 11.7. The minimum atomic E-state index is -0.683. The molecule has 4 N–H and O–H groups in total. The highest BCUT2D eigenvalue weighted by Gasteiger charge is 2.16. The van der Waals surface area contributed by atoms with Gasteiger partial charge in [-0.3, -0.25) is 9.59 Å². The Labute approximate surface area is 214 Å². The number of hydrogen-bond donors (Lipinski definition) is 4. The summed E-state index contributed by atoms with van der Waals surface area (Å²) in [5.41, 5.74) is 4.52. The molecular weight excluding hydrogens is 480 g/mol. The van der Waals surface area contributed by atoms with E-state index < -0.39 is 11.8 Å². The van der Waals surface area contributed by atoms with Gasteiger partial charge < -0.3 is 20.4 Å². The molecule has 0 fully saturated rings. The molecule has 0 radical (unpaired) electrons. The van der Waals surface area contributed by atoms with Crippen LogP contribution in [-0.4, -0.2) is 41.3 Å². The molecule has 0 heterocycles. The zero-order chi connectivity index (χ0) is 26.1. The number of hydrogen-bond acceptors (Lipinski definition) is 6. The van der Waals surface area contributed by atoms with Crippen molar-refractivity contribution in [3.63, 3.8) is 0 Å². The number of amides is 2. The lowest BCUT2D eigenvalue weighted by Crippen LogP contribution is -2.33. The first kappa shape index (κ1) is 26.3. The van der Waals surface area contributed by atoms with E-state index in [1.54, 1.807) is 24.3 Å². The second-order valence-electron chi connectivity index (χ2n) is 7.70. The fourth-order valence-corrected chi connectivity index (χ4v) is 3.61. The molecule has 186 valence electrons. The Kier molecular flexibility index (Phi) is 9.07. The van der Waals surface area contributed by atoms with E-state index in [9.17, 15) is 19.8 Å². The number of nitrogens with zero attached hydrogens (tertiary/aromatic N) is 2. The maximum atomic E-state index is 12.9. The third-order valence-corrected chi connectivity index (χ3v) is 5.66. The summed E-state index contributed by atoms with van der Waals surface area (Å²) >= 11 is 6.14. The number of carbonyl (C=O) groups is 2. The maximum Gasteiger partial charge on any atom is 0.287 e. The molecular formula is C27H27ClN4O4. The van der Waals surface area contributed by atoms with Gasteiger partial charge in [-0.25, -0.2) is 5.43 Å². The summed E-state index contributed by atoms with van der Waals surface area (Å²) in [5, 5.41) is 26.0. The van der Waals surface area contributed by atoms with Gasteiger partial charge in [-0.2, -0.15) is 5.10 Å². The topological polar surface area (TPSA) is 114 Å². The van der Waals surface area contributed by atoms with Crippen LogP contribution >= 0.6 is 11.6 Å². The summed E-state index contributed by atoms with van der Waals surface area (Å²) in [4.78, 5) is 28.0. The predicted octanol–water partition coefficient (Wildman–Crippen LogP) is 4.52. The predicted molar refractivity (Wildman–Crippen MR) is 142 cm³/mol. The van der Waals surface area contributed by atoms with Gasteiger partial charge in [0.1, 0.15) is 17.2 Å². The lowest BCUT2D eigenvalue weighted by Gasteiger charge is -2.21. The van der Waals surface area contributed by atoms with E-state index >= 15 is 0 Å². The molecule has 3 aromatic rings. The minimum absolute atomic E-state index is 0.0532. The Morgan fingerprint density at radius 3 is 2.33 bits per heavy atom. The van der Waals surface area contributed by atoms with Crippen LogP contribution in [0.4, 0.5) is 5.69 Å². The van der Waals surface area contributed by atoms with Gasteiger partial charge >= 0.3 is 0 Å². The molecule has 0 aliphatic rings. The van der Waals surface area contributed by atoms with Gasteiger partial charge in [0.2, 0.25) is 0 Å². The number of anilines is 1. The Morgan fingerprint density at radius 2 is 1.69 bits per heavy atom. The number of hydrazone groups is 1. The standard InChI is InChI=1S/C27H27ClN4O4/c1-3-32(4-2)20-12-9-18(10-13-20)15-24(30-26(35)22-7-5-6-8-23(22)28)27(36)31-29-17-19-11-14-21(33)16-25(19)34/h5-17,33-34H,3-4H2,1-2H3,(H,30,35)(H,31,36)/b24-15+,29-17+. The zero-order valence-electron chi connectivity index (χ0n) is 19.9. The molecule has 3 aromatic carbocycles. The van der Waals surface area contributed by atoms with E-state index in [0.717, 1.165) is 24.8 Å². The lowest BCUT2D eigenvalue weighted by molar-refractivity contribution is -0.117. The molecule has 0 aromatic heterocycles. The summed E-state index contributed by atoms with van der Waals surface area (Å²) in [6.07, 6.45) is 2.75. The summed E-state index contributed by atoms with van der Waals surface area (Å²) in [6, 6.07) is 18.1. The van der Waals surface area contributed by atoms with Gasteiger partial charge in [-0.1, -0.05) is 35.9 Å². The van der Waals surface area contributed by atoms with Gasteiger partial charge in [0.15, 0.2) is 0 Å². The van der Waals surface area contributed by atoms with Crippen molar-refractivity contribution in [2.45, 2.75) is 13.8 Å². The van der Waals surface area contributed by atoms with E-state index in [1.165, 1.54) is 24.4 Å². The number of halogens is 1. The molecule has 36 heavy (non-hydrogen) atoms. The highest BCUT2D eigenvalue weighted by molar-refractivity contribution is 6.34. The fraction of sp³-hybridized carbons (Fsp3) is 0.148. The number of aromatic hydroxyl groups is 2. The van der Waals surface area contributed by atoms with Gasteiger partial charge in [-0.15, -0.1) is 0 Å². The van der Waals surface area contributed by atoms with Crippen molar-refractivity contribution in [2.24, 2.45) is 5.10 Å². The van der Waals surface area contributed by atoms with Crippen LogP contribution in [-0.2, 0) is 4.79 Å². The first-order chi connectivity index (χ1) is 17.3. The Hall–Kier alpha value is -4.30. The molecule has 0 atom stereocenters. The third kappa shape index (κ3) is 6.86. The SMILES string of the molecule is CCN(CC)c1ccc(/C=C(/NC(=O)c2ccccc2Cl)C(=O)N/N=C/c2ccc(O)cc2O)cc1. The van der Waals surface area contributed by atoms with E-state index in [-0.39, 0.29) is 33.3 Å². The molecule has 0 unspecified atom stereocenters. The number of nitrogens with one attached hydrogen (secondary N) is 2. The molecule has 0 aliphatic heterocycles. The van der Waals surface area contributed by atoms with Crippen molar-refractivity contribution in [2.75, 3.05) is 18.0 Å². The van der Waals surface area contributed by atoms with Crippen LogP contribution in [0.1, 0.15) is 35.3 Å². The number of phenolic OH excluding ortho intramolecular Hbond substituents is 2. The van der Waals surface area contributed by atoms with Crippen LogP contribution < -0.4 is 15.6 Å². The first-order valence-electron chi connectivity index (χ1n) is 11.3. The zero-order valence-corrected chi connectivity index (χ0v) is 20.7. The summed E-state index contributed by atoms with van der Waals surface area (Å²) in [6.45, 7) is 5.87. The van der Waals surface area contributed by atoms with E-state index in [2.05, 4.69) is 34.6 Å². The molecule has 0 bridgehead atoms. The van der Waals surface area contributed by atoms with Gasteiger partial charge in [0, 0.05) is 30.4 Å². The van der Waals surface area contributed by atoms with Gasteiger partial charge in [0.25, 0.3) is 11.8 Å². The second-order valence-corrected chi connectivity index (χ2v) is 8.11. The highest BCUT2D eigenvalue weighted by atomic mass is 35.5. The summed E-state index contributed by atoms with van der Waals surface area (Å²) < 4.78 is 0. The molecule has 3 rings (SSSR count). The van der Waals surface area contributed by atoms with Crippen molar-refractivity contribution in [1.82, 2.24) is 10.7 Å². The Bertz CT molecular complexity index is 1290. The van der Waals surface area contributed by atoms with E-state index in [1.807, 2.05) is 24.3 Å². The molecule has 0 saturated carbocycles. The smallest absolute Gasteiger partial charge is 0.287 e. The van der Waals surface area contributed by atoms with Crippen LogP contribution in [0.5, 0.6) is 11.5 Å². The number of benzene rings is 3. The minimum Gasteiger partial charge on any atom is -0.508 e. The number of phenols is 2. The lowest BCUT2D eigenvalue weighted by atomic mass is 10.1. The molecule has 0 spiro atoms. The molecule has 0 saturated heterocycles. The monoisotopic (exact) mass is 506 g/mol. The van der Waals surface area contributed by atoms with E-state index in [4.69, 9.17) is 11.6 Å². The molecule has 2 amide bonds. The van der Waals surface area contributed by atoms with Gasteiger partial charge in [0.05, 0.1) is 16.8 Å². The summed E-state index contributed by atoms with van der Waals surface area (Å²) in [7, 11) is 0. The van der Waals surface area contributed by atoms with Crippen molar-refractivity contribution >= 4 is 41.4 Å². The summed E-state index contributed by atoms with van der Waals surface area (Å²) in [5.74, 6) is -1.54. The quantitative estimate of drug-likeness (QED) is 0.193. The van der Waals surface area contributed by atoms with Crippen LogP contribution in [0.15, 0.2) is 77.5 Å². The molecule has 8 nitrogen and oxygen atoms in total. The van der Waals surface area contributed by atoms with Crippen LogP contribution in [0.25, 0.3) is 6.08 Å². The molecule has 0 aliphatic carbocycles. The van der Waals surface area contributed by atoms with Crippen LogP contribution in [0, 0.1) is 0 Å². The van der Waals surface area contributed by atoms with Crippen molar-refractivity contribution in [3.8, 4) is 11.5 Å². The average Bonchev–Trinajstić information content (AvgIpc) is 2.86. The van der Waals surface area contributed by atoms with Crippen molar-refractivity contribution < 1.29 is 19.8 Å². The maximum absolute atomic E-state index is 12.9. The average molecular weight is 507 g/mol. The molecule has 9 heteroatoms. The van der Waals surface area contributed by atoms with Crippen LogP contribution in [0.2, 0.25) is 5.02 Å². The van der Waals surface area contributed by atoms with Gasteiger partial charge in [-0.05, 0) is 61.9 Å².